The van der Waals surface area contributed by atoms with Gasteiger partial charge in [-0.05, 0) is 36.4 Å². The monoisotopic (exact) mass is 516 g/mol. The number of phenolic OH excluding ortho intramolecular Hbond substituents is 2. The molecular weight excluding hydrogens is 500 g/mol. The van der Waals surface area contributed by atoms with Crippen molar-refractivity contribution in [1.82, 2.24) is 0 Å². The summed E-state index contributed by atoms with van der Waals surface area (Å²) < 4.78 is 11.8. The molecule has 5 N–H and O–H groups in total. The van der Waals surface area contributed by atoms with Crippen molar-refractivity contribution in [2.45, 2.75) is 5.60 Å². The van der Waals surface area contributed by atoms with Gasteiger partial charge in [0.05, 0.1) is 11.1 Å². The number of carboxylic acids is 3. The van der Waals surface area contributed by atoms with Crippen molar-refractivity contribution >= 4 is 36.0 Å². The van der Waals surface area contributed by atoms with Gasteiger partial charge in [-0.25, -0.2) is 19.2 Å². The summed E-state index contributed by atoms with van der Waals surface area (Å²) in [5, 5.41) is 48.5. The predicted octanol–water partition coefficient (Wildman–Crippen LogP) is 3.56. The lowest BCUT2D eigenvalue weighted by atomic mass is 9.76. The normalized spacial score (nSPS) is 14.6. The molecule has 1 spiro atoms. The number of benzene rings is 3. The van der Waals surface area contributed by atoms with Crippen LogP contribution in [0.4, 0.5) is 0 Å². The van der Waals surface area contributed by atoms with Crippen molar-refractivity contribution in [2.75, 3.05) is 0 Å². The molecule has 0 unspecified atom stereocenters. The van der Waals surface area contributed by atoms with Gasteiger partial charge in [-0.3, -0.25) is 0 Å². The van der Waals surface area contributed by atoms with Gasteiger partial charge < -0.3 is 35.0 Å². The number of rotatable bonds is 5. The van der Waals surface area contributed by atoms with Crippen molar-refractivity contribution in [3.8, 4) is 23.0 Å². The van der Waals surface area contributed by atoms with Crippen LogP contribution in [0.15, 0.2) is 54.6 Å². The first-order chi connectivity index (χ1) is 18.0. The SMILES string of the molecule is O=C(O)/C=C/c1cc2c(cc1O)Oc1cc(O)c(/C=C/C(=O)O)cc1C21OC(=O)c2cc(C(=O)O)ccc21. The second kappa shape index (κ2) is 8.52. The van der Waals surface area contributed by atoms with Gasteiger partial charge in [0.25, 0.3) is 0 Å². The van der Waals surface area contributed by atoms with Gasteiger partial charge in [-0.2, -0.15) is 0 Å². The molecule has 5 rings (SSSR count). The molecule has 190 valence electrons. The zero-order valence-corrected chi connectivity index (χ0v) is 19.0. The lowest BCUT2D eigenvalue weighted by Crippen LogP contribution is -2.33. The molecule has 0 aromatic heterocycles. The van der Waals surface area contributed by atoms with E-state index < -0.39 is 29.5 Å². The smallest absolute Gasteiger partial charge is 0.340 e. The van der Waals surface area contributed by atoms with E-state index >= 15 is 0 Å². The van der Waals surface area contributed by atoms with Crippen LogP contribution in [0.2, 0.25) is 0 Å². The fourth-order valence-electron chi connectivity index (χ4n) is 4.55. The van der Waals surface area contributed by atoms with Crippen LogP contribution in [0.3, 0.4) is 0 Å². The Morgan fingerprint density at radius 3 is 1.74 bits per heavy atom. The van der Waals surface area contributed by atoms with E-state index in [4.69, 9.17) is 19.7 Å². The van der Waals surface area contributed by atoms with Crippen LogP contribution in [0.25, 0.3) is 12.2 Å². The standard InChI is InChI=1S/C27H16O11/c28-19-10-21-17(8-12(19)2-5-23(30)31)27(16-4-1-14(25(34)35)7-15(16)26(36)38-27)18-9-13(3-6-24(32)33)20(29)11-22(18)37-21/h1-11,28-29H,(H,30,31)(H,32,33)(H,34,35)/b5-2+,6-3+. The average molecular weight is 516 g/mol. The molecule has 0 saturated carbocycles. The maximum atomic E-state index is 13.1. The van der Waals surface area contributed by atoms with Crippen LogP contribution in [0, 0.1) is 0 Å². The van der Waals surface area contributed by atoms with Gasteiger partial charge in [0, 0.05) is 52.1 Å². The quantitative estimate of drug-likeness (QED) is 0.246. The number of hydrogen-bond acceptors (Lipinski definition) is 8. The molecule has 0 fully saturated rings. The Hall–Kier alpha value is -5.58. The van der Waals surface area contributed by atoms with Gasteiger partial charge in [0.1, 0.15) is 23.0 Å². The van der Waals surface area contributed by atoms with Crippen molar-refractivity contribution in [1.29, 1.82) is 0 Å². The van der Waals surface area contributed by atoms with Crippen LogP contribution in [-0.4, -0.2) is 49.4 Å². The molecular formula is C27H16O11. The lowest BCUT2D eigenvalue weighted by Gasteiger charge is -2.37. The van der Waals surface area contributed by atoms with E-state index in [0.29, 0.717) is 0 Å². The topological polar surface area (TPSA) is 188 Å². The van der Waals surface area contributed by atoms with Gasteiger partial charge >= 0.3 is 23.9 Å². The van der Waals surface area contributed by atoms with E-state index in [1.54, 1.807) is 0 Å². The molecule has 11 nitrogen and oxygen atoms in total. The Labute approximate surface area is 212 Å². The molecule has 38 heavy (non-hydrogen) atoms. The highest BCUT2D eigenvalue weighted by Gasteiger charge is 2.54. The third kappa shape index (κ3) is 3.69. The van der Waals surface area contributed by atoms with Gasteiger partial charge in [-0.1, -0.05) is 6.07 Å². The third-order valence-electron chi connectivity index (χ3n) is 6.16. The molecule has 11 heteroatoms. The second-order valence-electron chi connectivity index (χ2n) is 8.40. The summed E-state index contributed by atoms with van der Waals surface area (Å²) in [6, 6.07) is 8.92. The van der Waals surface area contributed by atoms with E-state index in [-0.39, 0.29) is 61.9 Å². The number of aromatic hydroxyl groups is 2. The fourth-order valence-corrected chi connectivity index (χ4v) is 4.55. The van der Waals surface area contributed by atoms with Crippen LogP contribution in [-0.2, 0) is 19.9 Å². The minimum absolute atomic E-state index is 0.0127. The first kappa shape index (κ1) is 24.1. The highest BCUT2D eigenvalue weighted by Crippen LogP contribution is 2.58. The fraction of sp³-hybridized carbons (Fsp3) is 0.0370. The number of esters is 1. The van der Waals surface area contributed by atoms with E-state index in [2.05, 4.69) is 0 Å². The predicted molar refractivity (Wildman–Crippen MR) is 128 cm³/mol. The molecule has 0 radical (unpaired) electrons. The number of fused-ring (bicyclic) bond motifs is 6. The molecule has 0 atom stereocenters. The summed E-state index contributed by atoms with van der Waals surface area (Å²) in [7, 11) is 0. The average Bonchev–Trinajstić information content (AvgIpc) is 3.14. The molecule has 3 aromatic carbocycles. The number of ether oxygens (including phenoxy) is 2. The minimum atomic E-state index is -1.79. The molecule has 0 aliphatic carbocycles. The number of phenols is 2. The van der Waals surface area contributed by atoms with E-state index in [1.165, 1.54) is 36.4 Å². The molecule has 2 aliphatic rings. The molecule has 0 bridgehead atoms. The highest BCUT2D eigenvalue weighted by atomic mass is 16.6. The zero-order valence-electron chi connectivity index (χ0n) is 19.0. The summed E-state index contributed by atoms with van der Waals surface area (Å²) in [5.74, 6) is -5.37. The van der Waals surface area contributed by atoms with Crippen LogP contribution < -0.4 is 4.74 Å². The van der Waals surface area contributed by atoms with Crippen LogP contribution >= 0.6 is 0 Å². The van der Waals surface area contributed by atoms with Crippen molar-refractivity contribution < 1.29 is 54.2 Å². The summed E-state index contributed by atoms with van der Waals surface area (Å²) in [4.78, 5) is 46.8. The first-order valence-corrected chi connectivity index (χ1v) is 10.9. The number of carboxylic acid groups (broad SMARTS) is 3. The van der Waals surface area contributed by atoms with Crippen molar-refractivity contribution in [2.24, 2.45) is 0 Å². The third-order valence-corrected chi connectivity index (χ3v) is 6.16. The van der Waals surface area contributed by atoms with Gasteiger partial charge in [0.2, 0.25) is 0 Å². The Kier molecular flexibility index (Phi) is 5.41. The Balaban J connectivity index is 1.85. The largest absolute Gasteiger partial charge is 0.507 e. The highest BCUT2D eigenvalue weighted by molar-refractivity contribution is 6.00. The van der Waals surface area contributed by atoms with Gasteiger partial charge in [0.15, 0.2) is 5.60 Å². The Morgan fingerprint density at radius 2 is 1.26 bits per heavy atom. The maximum Gasteiger partial charge on any atom is 0.340 e. The van der Waals surface area contributed by atoms with Gasteiger partial charge in [-0.15, -0.1) is 0 Å². The minimum Gasteiger partial charge on any atom is -0.507 e. The summed E-state index contributed by atoms with van der Waals surface area (Å²) in [6.07, 6.45) is 3.85. The number of carbonyl (C=O) groups excluding carboxylic acids is 1. The Morgan fingerprint density at radius 1 is 0.737 bits per heavy atom. The first-order valence-electron chi connectivity index (χ1n) is 10.9. The number of carbonyl (C=O) groups is 4. The molecule has 2 heterocycles. The van der Waals surface area contributed by atoms with Crippen LogP contribution in [0.5, 0.6) is 23.0 Å². The van der Waals surface area contributed by atoms with Crippen molar-refractivity contribution in [3.63, 3.8) is 0 Å². The van der Waals surface area contributed by atoms with E-state index in [1.807, 2.05) is 0 Å². The van der Waals surface area contributed by atoms with Crippen LogP contribution in [0.1, 0.15) is 48.5 Å². The molecule has 0 amide bonds. The number of hydrogen-bond donors (Lipinski definition) is 5. The van der Waals surface area contributed by atoms with E-state index in [9.17, 15) is 34.5 Å². The zero-order chi connectivity index (χ0) is 27.4. The maximum absolute atomic E-state index is 13.1. The number of aromatic carboxylic acids is 1. The summed E-state index contributed by atoms with van der Waals surface area (Å²) >= 11 is 0. The molecule has 3 aromatic rings. The number of aliphatic carboxylic acids is 2. The second-order valence-corrected chi connectivity index (χ2v) is 8.40. The van der Waals surface area contributed by atoms with Crippen molar-refractivity contribution in [3.05, 3.63) is 93.6 Å². The van der Waals surface area contributed by atoms with E-state index in [0.717, 1.165) is 30.4 Å². The Bertz CT molecular complexity index is 1570. The molecule has 2 aliphatic heterocycles. The summed E-state index contributed by atoms with van der Waals surface area (Å²) in [5.41, 5.74) is -1.36. The lowest BCUT2D eigenvalue weighted by molar-refractivity contribution is -0.132. The molecule has 0 saturated heterocycles. The summed E-state index contributed by atoms with van der Waals surface area (Å²) in [6.45, 7) is 0.